The molecule has 1 atom stereocenters. The summed E-state index contributed by atoms with van der Waals surface area (Å²) in [6.45, 7) is 1.80. The molecular formula is C9H15N3O3S. The summed E-state index contributed by atoms with van der Waals surface area (Å²) in [5.74, 6) is -0.289. The van der Waals surface area contributed by atoms with Gasteiger partial charge in [-0.05, 0) is 6.92 Å². The van der Waals surface area contributed by atoms with E-state index in [0.29, 0.717) is 15.7 Å². The fourth-order valence-corrected chi connectivity index (χ4v) is 1.96. The Morgan fingerprint density at radius 1 is 1.75 bits per heavy atom. The summed E-state index contributed by atoms with van der Waals surface area (Å²) in [5.41, 5.74) is 6.08. The fraction of sp³-hybridized carbons (Fsp3) is 0.556. The number of anilines is 1. The van der Waals surface area contributed by atoms with Crippen LogP contribution in [0.5, 0.6) is 0 Å². The number of aryl methyl sites for hydroxylation is 1. The van der Waals surface area contributed by atoms with Gasteiger partial charge in [0.25, 0.3) is 5.91 Å². The number of rotatable bonds is 5. The number of carbonyl (C=O) groups is 1. The Kier molecular flexibility index (Phi) is 4.66. The number of nitrogens with zero attached hydrogens (tertiary/aromatic N) is 1. The maximum Gasteiger partial charge on any atom is 0.263 e. The van der Waals surface area contributed by atoms with Crippen LogP contribution in [0.1, 0.15) is 15.4 Å². The van der Waals surface area contributed by atoms with Crippen molar-refractivity contribution in [2.75, 3.05) is 26.1 Å². The highest BCUT2D eigenvalue weighted by Gasteiger charge is 2.17. The van der Waals surface area contributed by atoms with Crippen molar-refractivity contribution in [2.24, 2.45) is 0 Å². The van der Waals surface area contributed by atoms with Gasteiger partial charge < -0.3 is 20.9 Å². The van der Waals surface area contributed by atoms with E-state index in [0.717, 1.165) is 11.3 Å². The second-order valence-electron chi connectivity index (χ2n) is 3.27. The minimum atomic E-state index is -0.416. The van der Waals surface area contributed by atoms with Gasteiger partial charge in [0.2, 0.25) is 0 Å². The second-order valence-corrected chi connectivity index (χ2v) is 4.31. The van der Waals surface area contributed by atoms with Crippen molar-refractivity contribution < 1.29 is 14.6 Å². The van der Waals surface area contributed by atoms with Gasteiger partial charge in [-0.3, -0.25) is 4.79 Å². The number of methoxy groups -OCH3 is 1. The molecule has 6 nitrogen and oxygen atoms in total. The molecule has 1 amide bonds. The molecule has 16 heavy (non-hydrogen) atoms. The molecular weight excluding hydrogens is 230 g/mol. The third-order valence-electron chi connectivity index (χ3n) is 1.94. The first kappa shape index (κ1) is 12.9. The van der Waals surface area contributed by atoms with Gasteiger partial charge in [0.15, 0.2) is 5.13 Å². The van der Waals surface area contributed by atoms with Crippen molar-refractivity contribution in [1.82, 2.24) is 10.3 Å². The average molecular weight is 245 g/mol. The maximum absolute atomic E-state index is 11.8. The number of aliphatic hydroxyl groups excluding tert-OH is 1. The molecule has 0 radical (unpaired) electrons. The van der Waals surface area contributed by atoms with E-state index in [2.05, 4.69) is 10.3 Å². The minimum Gasteiger partial charge on any atom is -0.394 e. The molecule has 0 saturated carbocycles. The van der Waals surface area contributed by atoms with Crippen molar-refractivity contribution in [1.29, 1.82) is 0 Å². The molecule has 1 aromatic heterocycles. The smallest absolute Gasteiger partial charge is 0.263 e. The molecule has 0 fully saturated rings. The lowest BCUT2D eigenvalue weighted by atomic mass is 10.3. The van der Waals surface area contributed by atoms with E-state index < -0.39 is 6.04 Å². The average Bonchev–Trinajstić information content (AvgIpc) is 2.57. The summed E-state index contributed by atoms with van der Waals surface area (Å²) in [4.78, 5) is 16.2. The number of nitrogen functional groups attached to an aromatic ring is 1. The highest BCUT2D eigenvalue weighted by Crippen LogP contribution is 2.19. The quantitative estimate of drug-likeness (QED) is 0.665. The lowest BCUT2D eigenvalue weighted by Gasteiger charge is -2.14. The first-order valence-corrected chi connectivity index (χ1v) is 5.53. The largest absolute Gasteiger partial charge is 0.394 e. The van der Waals surface area contributed by atoms with Gasteiger partial charge in [-0.15, -0.1) is 0 Å². The normalized spacial score (nSPS) is 12.4. The number of thiazole rings is 1. The van der Waals surface area contributed by atoms with Crippen LogP contribution in [0.2, 0.25) is 0 Å². The molecule has 0 aliphatic heterocycles. The van der Waals surface area contributed by atoms with E-state index in [-0.39, 0.29) is 19.1 Å². The third-order valence-corrected chi connectivity index (χ3v) is 2.93. The van der Waals surface area contributed by atoms with Gasteiger partial charge in [0, 0.05) is 7.11 Å². The highest BCUT2D eigenvalue weighted by atomic mass is 32.1. The Bertz CT molecular complexity index is 367. The van der Waals surface area contributed by atoms with Gasteiger partial charge in [-0.25, -0.2) is 4.98 Å². The lowest BCUT2D eigenvalue weighted by molar-refractivity contribution is 0.0842. The summed E-state index contributed by atoms with van der Waals surface area (Å²) in [5, 5.41) is 12.0. The number of amides is 1. The molecule has 90 valence electrons. The molecule has 1 rings (SSSR count). The van der Waals surface area contributed by atoms with Crippen LogP contribution in [0.3, 0.4) is 0 Å². The number of aliphatic hydroxyl groups is 1. The summed E-state index contributed by atoms with van der Waals surface area (Å²) in [7, 11) is 1.50. The minimum absolute atomic E-state index is 0.174. The molecule has 1 aromatic rings. The standard InChI is InChI=1S/C9H15N3O3S/c1-5-7(16-9(10)11-5)8(14)12-6(3-13)4-15-2/h6,13H,3-4H2,1-2H3,(H2,10,11)(H,12,14). The molecule has 0 bridgehead atoms. The number of ether oxygens (including phenoxy) is 1. The van der Waals surface area contributed by atoms with Crippen molar-refractivity contribution >= 4 is 22.4 Å². The summed E-state index contributed by atoms with van der Waals surface area (Å²) < 4.78 is 4.86. The SMILES string of the molecule is COCC(CO)NC(=O)c1sc(N)nc1C. The van der Waals surface area contributed by atoms with Crippen LogP contribution in [0.25, 0.3) is 0 Å². The molecule has 0 aromatic carbocycles. The monoisotopic (exact) mass is 245 g/mol. The number of aromatic nitrogens is 1. The third kappa shape index (κ3) is 3.16. The molecule has 0 saturated heterocycles. The predicted octanol–water partition coefficient (Wildman–Crippen LogP) is -0.229. The first-order chi connectivity index (χ1) is 7.58. The van der Waals surface area contributed by atoms with Crippen molar-refractivity contribution in [3.05, 3.63) is 10.6 Å². The van der Waals surface area contributed by atoms with Crippen LogP contribution < -0.4 is 11.1 Å². The molecule has 1 heterocycles. The Labute approximate surface area is 97.4 Å². The van der Waals surface area contributed by atoms with E-state index in [1.807, 2.05) is 0 Å². The summed E-state index contributed by atoms with van der Waals surface area (Å²) in [6, 6.07) is -0.416. The zero-order chi connectivity index (χ0) is 12.1. The zero-order valence-corrected chi connectivity index (χ0v) is 10.0. The van der Waals surface area contributed by atoms with Gasteiger partial charge >= 0.3 is 0 Å². The number of nitrogens with one attached hydrogen (secondary N) is 1. The first-order valence-electron chi connectivity index (χ1n) is 4.72. The van der Waals surface area contributed by atoms with E-state index in [9.17, 15) is 4.79 Å². The van der Waals surface area contributed by atoms with Crippen LogP contribution in [0.4, 0.5) is 5.13 Å². The Morgan fingerprint density at radius 3 is 2.88 bits per heavy atom. The number of carbonyl (C=O) groups excluding carboxylic acids is 1. The molecule has 1 unspecified atom stereocenters. The van der Waals surface area contributed by atoms with Crippen LogP contribution in [-0.4, -0.2) is 42.4 Å². The molecule has 0 aliphatic rings. The van der Waals surface area contributed by atoms with Gasteiger partial charge in [-0.2, -0.15) is 0 Å². The second kappa shape index (κ2) is 5.78. The van der Waals surface area contributed by atoms with E-state index in [1.165, 1.54) is 7.11 Å². The Morgan fingerprint density at radius 2 is 2.44 bits per heavy atom. The molecule has 7 heteroatoms. The Hall–Kier alpha value is -1.18. The van der Waals surface area contributed by atoms with E-state index in [4.69, 9.17) is 15.6 Å². The van der Waals surface area contributed by atoms with Crippen LogP contribution in [-0.2, 0) is 4.74 Å². The number of hydrogen-bond donors (Lipinski definition) is 3. The van der Waals surface area contributed by atoms with Crippen LogP contribution >= 0.6 is 11.3 Å². The van der Waals surface area contributed by atoms with Gasteiger partial charge in [-0.1, -0.05) is 11.3 Å². The predicted molar refractivity (Wildman–Crippen MR) is 61.5 cm³/mol. The highest BCUT2D eigenvalue weighted by molar-refractivity contribution is 7.17. The maximum atomic E-state index is 11.8. The number of nitrogens with two attached hydrogens (primary N) is 1. The summed E-state index contributed by atoms with van der Waals surface area (Å²) in [6.07, 6.45) is 0. The topological polar surface area (TPSA) is 97.5 Å². The molecule has 0 aliphatic carbocycles. The van der Waals surface area contributed by atoms with Crippen LogP contribution in [0.15, 0.2) is 0 Å². The molecule has 4 N–H and O–H groups in total. The lowest BCUT2D eigenvalue weighted by Crippen LogP contribution is -2.40. The van der Waals surface area contributed by atoms with Gasteiger partial charge in [0.1, 0.15) is 4.88 Å². The van der Waals surface area contributed by atoms with Crippen molar-refractivity contribution in [3.8, 4) is 0 Å². The zero-order valence-electron chi connectivity index (χ0n) is 9.19. The van der Waals surface area contributed by atoms with Crippen molar-refractivity contribution in [3.63, 3.8) is 0 Å². The van der Waals surface area contributed by atoms with Gasteiger partial charge in [0.05, 0.1) is 24.9 Å². The fourth-order valence-electron chi connectivity index (χ4n) is 1.22. The van der Waals surface area contributed by atoms with E-state index >= 15 is 0 Å². The van der Waals surface area contributed by atoms with Crippen LogP contribution in [0, 0.1) is 6.92 Å². The summed E-state index contributed by atoms with van der Waals surface area (Å²) >= 11 is 1.13. The van der Waals surface area contributed by atoms with E-state index in [1.54, 1.807) is 6.92 Å². The molecule has 0 spiro atoms. The van der Waals surface area contributed by atoms with Crippen molar-refractivity contribution in [2.45, 2.75) is 13.0 Å². The Balaban J connectivity index is 2.67. The number of hydrogen-bond acceptors (Lipinski definition) is 6.